The van der Waals surface area contributed by atoms with Crippen molar-refractivity contribution in [2.24, 2.45) is 0 Å². The van der Waals surface area contributed by atoms with Gasteiger partial charge in [-0.05, 0) is 24.3 Å². The van der Waals surface area contributed by atoms with Crippen LogP contribution in [0, 0.1) is 0 Å². The summed E-state index contributed by atoms with van der Waals surface area (Å²) in [5, 5.41) is 0. The molecule has 0 saturated carbocycles. The molecule has 200 valence electrons. The van der Waals surface area contributed by atoms with E-state index in [-0.39, 0.29) is 9.80 Å². The van der Waals surface area contributed by atoms with Gasteiger partial charge in [0.15, 0.2) is 0 Å². The molecule has 37 heavy (non-hydrogen) atoms. The fraction of sp³-hybridized carbons (Fsp3) is 0.318. The predicted molar refractivity (Wildman–Crippen MR) is 104 cm³/mol. The molecular formula is C22H14F10N2O3. The third-order valence-corrected chi connectivity index (χ3v) is 5.35. The van der Waals surface area contributed by atoms with E-state index in [2.05, 4.69) is 0 Å². The van der Waals surface area contributed by atoms with Crippen LogP contribution in [0.5, 0.6) is 0 Å². The lowest BCUT2D eigenvalue weighted by Gasteiger charge is -2.36. The molecule has 2 aromatic rings. The zero-order valence-electron chi connectivity index (χ0n) is 18.1. The average Bonchev–Trinajstić information content (AvgIpc) is 2.78. The van der Waals surface area contributed by atoms with Gasteiger partial charge >= 0.3 is 18.4 Å². The first kappa shape index (κ1) is 27.9. The second-order valence-electron chi connectivity index (χ2n) is 7.98. The van der Waals surface area contributed by atoms with E-state index >= 15 is 0 Å². The Balaban J connectivity index is 1.81. The Morgan fingerprint density at radius 3 is 1.05 bits per heavy atom. The molecule has 1 saturated heterocycles. The topological polar surface area (TPSA) is 57.7 Å². The lowest BCUT2D eigenvalue weighted by Crippen LogP contribution is -2.59. The molecule has 1 fully saturated rings. The van der Waals surface area contributed by atoms with Crippen LogP contribution >= 0.6 is 0 Å². The number of barbiturate groups is 1. The minimum Gasteiger partial charge on any atom is -0.274 e. The van der Waals surface area contributed by atoms with E-state index in [1.54, 1.807) is 0 Å². The molecular weight excluding hydrogens is 530 g/mol. The maximum absolute atomic E-state index is 14.7. The van der Waals surface area contributed by atoms with Gasteiger partial charge in [-0.15, -0.1) is 0 Å². The highest BCUT2D eigenvalue weighted by atomic mass is 19.4. The Labute approximate surface area is 201 Å². The van der Waals surface area contributed by atoms with Gasteiger partial charge in [0.1, 0.15) is 6.42 Å². The number of imide groups is 2. The molecule has 1 aliphatic heterocycles. The minimum absolute atomic E-state index is 0.193. The van der Waals surface area contributed by atoms with Gasteiger partial charge in [-0.25, -0.2) is 4.79 Å². The number of carbonyl (C=O) groups excluding carboxylic acids is 3. The van der Waals surface area contributed by atoms with E-state index < -0.39 is 83.8 Å². The van der Waals surface area contributed by atoms with Crippen LogP contribution in [-0.4, -0.2) is 40.7 Å². The fourth-order valence-electron chi connectivity index (χ4n) is 3.38. The van der Waals surface area contributed by atoms with Crippen molar-refractivity contribution in [3.63, 3.8) is 0 Å². The van der Waals surface area contributed by atoms with E-state index in [1.807, 2.05) is 0 Å². The van der Waals surface area contributed by atoms with Crippen LogP contribution in [-0.2, 0) is 33.8 Å². The van der Waals surface area contributed by atoms with E-state index in [9.17, 15) is 58.3 Å². The Kier molecular flexibility index (Phi) is 7.05. The van der Waals surface area contributed by atoms with Crippen molar-refractivity contribution in [1.82, 2.24) is 9.80 Å². The standard InChI is InChI=1S/C22H14F10N2O3/c23-19(24,12-1-5-14(6-2-12)21(27,28)29)10-33-16(35)9-17(36)34(18(33)37)11-20(25,26)13-3-7-15(8-4-13)22(30,31)32/h1-8H,9-11H2. The first-order valence-electron chi connectivity index (χ1n) is 10.1. The third-order valence-electron chi connectivity index (χ3n) is 5.35. The summed E-state index contributed by atoms with van der Waals surface area (Å²) in [5.74, 6) is -11.2. The van der Waals surface area contributed by atoms with Gasteiger partial charge in [0.05, 0.1) is 24.2 Å². The maximum Gasteiger partial charge on any atom is 0.416 e. The molecule has 0 aliphatic carbocycles. The number of alkyl halides is 10. The zero-order valence-corrected chi connectivity index (χ0v) is 18.1. The molecule has 3 rings (SSSR count). The van der Waals surface area contributed by atoms with Crippen molar-refractivity contribution in [3.05, 3.63) is 70.8 Å². The maximum atomic E-state index is 14.7. The van der Waals surface area contributed by atoms with Crippen molar-refractivity contribution in [3.8, 4) is 0 Å². The predicted octanol–water partition coefficient (Wildman–Crippen LogP) is 5.79. The highest BCUT2D eigenvalue weighted by molar-refractivity contribution is 6.14. The molecule has 0 aromatic heterocycles. The SMILES string of the molecule is O=C1CC(=O)N(CC(F)(F)c2ccc(C(F)(F)F)cc2)C(=O)N1CC(F)(F)c1ccc(C(F)(F)F)cc1. The van der Waals surface area contributed by atoms with Gasteiger partial charge in [-0.1, -0.05) is 24.3 Å². The van der Waals surface area contributed by atoms with E-state index in [0.29, 0.717) is 48.5 Å². The molecule has 5 nitrogen and oxygen atoms in total. The number of benzene rings is 2. The quantitative estimate of drug-likeness (QED) is 0.342. The van der Waals surface area contributed by atoms with Crippen molar-refractivity contribution >= 4 is 17.8 Å². The van der Waals surface area contributed by atoms with Gasteiger partial charge in [-0.3, -0.25) is 19.4 Å². The Morgan fingerprint density at radius 1 is 0.514 bits per heavy atom. The largest absolute Gasteiger partial charge is 0.416 e. The lowest BCUT2D eigenvalue weighted by molar-refractivity contribution is -0.149. The number of rotatable bonds is 6. The molecule has 15 heteroatoms. The van der Waals surface area contributed by atoms with E-state index in [0.717, 1.165) is 0 Å². The van der Waals surface area contributed by atoms with E-state index in [1.165, 1.54) is 0 Å². The summed E-state index contributed by atoms with van der Waals surface area (Å²) in [5.41, 5.74) is -4.56. The molecule has 4 amide bonds. The van der Waals surface area contributed by atoms with Gasteiger partial charge in [0, 0.05) is 11.1 Å². The van der Waals surface area contributed by atoms with Crippen LogP contribution in [0.1, 0.15) is 28.7 Å². The number of halogens is 10. The molecule has 0 bridgehead atoms. The smallest absolute Gasteiger partial charge is 0.274 e. The van der Waals surface area contributed by atoms with Crippen LogP contribution in [0.25, 0.3) is 0 Å². The van der Waals surface area contributed by atoms with Crippen LogP contribution in [0.15, 0.2) is 48.5 Å². The highest BCUT2D eigenvalue weighted by Crippen LogP contribution is 2.36. The molecule has 0 spiro atoms. The number of carbonyl (C=O) groups is 3. The summed E-state index contributed by atoms with van der Waals surface area (Å²) in [7, 11) is 0. The van der Waals surface area contributed by atoms with Crippen LogP contribution in [0.3, 0.4) is 0 Å². The number of nitrogens with zero attached hydrogens (tertiary/aromatic N) is 2. The summed E-state index contributed by atoms with van der Waals surface area (Å²) in [6.45, 7) is -3.54. The lowest BCUT2D eigenvalue weighted by atomic mass is 10.0. The second kappa shape index (κ2) is 9.34. The molecule has 1 heterocycles. The Bertz CT molecular complexity index is 1100. The minimum atomic E-state index is -4.83. The second-order valence-corrected chi connectivity index (χ2v) is 7.98. The summed E-state index contributed by atoms with van der Waals surface area (Å²) >= 11 is 0. The molecule has 0 atom stereocenters. The molecule has 0 radical (unpaired) electrons. The van der Waals surface area contributed by atoms with Crippen molar-refractivity contribution in [1.29, 1.82) is 0 Å². The van der Waals surface area contributed by atoms with E-state index in [4.69, 9.17) is 0 Å². The fourth-order valence-corrected chi connectivity index (χ4v) is 3.38. The van der Waals surface area contributed by atoms with Crippen molar-refractivity contribution in [2.75, 3.05) is 13.1 Å². The monoisotopic (exact) mass is 544 g/mol. The summed E-state index contributed by atoms with van der Waals surface area (Å²) in [6.07, 6.45) is -10.9. The van der Waals surface area contributed by atoms with Crippen molar-refractivity contribution < 1.29 is 58.3 Å². The molecule has 0 N–H and O–H groups in total. The Morgan fingerprint density at radius 2 is 0.784 bits per heavy atom. The summed E-state index contributed by atoms with van der Waals surface area (Å²) < 4.78 is 135. The van der Waals surface area contributed by atoms with Gasteiger partial charge in [0.2, 0.25) is 11.8 Å². The molecule has 2 aromatic carbocycles. The van der Waals surface area contributed by atoms with Gasteiger partial charge < -0.3 is 0 Å². The van der Waals surface area contributed by atoms with Gasteiger partial charge in [-0.2, -0.15) is 43.9 Å². The van der Waals surface area contributed by atoms with Crippen molar-refractivity contribution in [2.45, 2.75) is 30.6 Å². The zero-order chi connectivity index (χ0) is 28.0. The first-order chi connectivity index (χ1) is 16.8. The third kappa shape index (κ3) is 6.02. The van der Waals surface area contributed by atoms with Crippen LogP contribution in [0.4, 0.5) is 48.7 Å². The summed E-state index contributed by atoms with van der Waals surface area (Å²) in [6, 6.07) is 1.12. The Hall–Kier alpha value is -3.65. The summed E-state index contributed by atoms with van der Waals surface area (Å²) in [4.78, 5) is 36.4. The number of urea groups is 1. The number of hydrogen-bond donors (Lipinski definition) is 0. The number of hydrogen-bond acceptors (Lipinski definition) is 3. The average molecular weight is 544 g/mol. The normalized spacial score (nSPS) is 16.0. The van der Waals surface area contributed by atoms with Crippen LogP contribution < -0.4 is 0 Å². The van der Waals surface area contributed by atoms with Crippen LogP contribution in [0.2, 0.25) is 0 Å². The highest BCUT2D eigenvalue weighted by Gasteiger charge is 2.48. The van der Waals surface area contributed by atoms with Gasteiger partial charge in [0.25, 0.3) is 11.8 Å². The first-order valence-corrected chi connectivity index (χ1v) is 10.1. The molecule has 0 unspecified atom stereocenters. The molecule has 1 aliphatic rings. The number of amides is 4.